The monoisotopic (exact) mass is 374 g/mol. The van der Waals surface area contributed by atoms with Crippen LogP contribution in [0.2, 0.25) is 0 Å². The van der Waals surface area contributed by atoms with Gasteiger partial charge >= 0.3 is 0 Å². The zero-order valence-corrected chi connectivity index (χ0v) is 15.7. The number of anilines is 1. The summed E-state index contributed by atoms with van der Waals surface area (Å²) in [6, 6.07) is 24.4. The Bertz CT molecular complexity index is 923. The Morgan fingerprint density at radius 1 is 0.857 bits per heavy atom. The number of nitro benzene ring substituents is 1. The van der Waals surface area contributed by atoms with Crippen molar-refractivity contribution >= 4 is 22.7 Å². The molecule has 0 amide bonds. The molecular formula is C22H22N4O2. The average Bonchev–Trinajstić information content (AvgIpc) is 2.74. The van der Waals surface area contributed by atoms with E-state index in [1.54, 1.807) is 12.1 Å². The lowest BCUT2D eigenvalue weighted by Gasteiger charge is -2.23. The van der Waals surface area contributed by atoms with Crippen LogP contribution in [-0.4, -0.2) is 18.0 Å². The van der Waals surface area contributed by atoms with Crippen LogP contribution in [0.4, 0.5) is 22.7 Å². The molecule has 0 heterocycles. The van der Waals surface area contributed by atoms with E-state index in [0.29, 0.717) is 5.69 Å². The molecule has 6 nitrogen and oxygen atoms in total. The third-order valence-corrected chi connectivity index (χ3v) is 4.45. The van der Waals surface area contributed by atoms with Gasteiger partial charge in [-0.15, -0.1) is 0 Å². The van der Waals surface area contributed by atoms with Crippen molar-refractivity contribution in [1.82, 2.24) is 0 Å². The lowest BCUT2D eigenvalue weighted by molar-refractivity contribution is -0.384. The first kappa shape index (κ1) is 19.2. The number of hydrogen-bond acceptors (Lipinski definition) is 5. The molecule has 3 rings (SSSR count). The molecule has 0 aromatic heterocycles. The van der Waals surface area contributed by atoms with Gasteiger partial charge in [-0.25, -0.2) is 0 Å². The third-order valence-electron chi connectivity index (χ3n) is 4.45. The minimum atomic E-state index is -0.434. The molecular weight excluding hydrogens is 352 g/mol. The van der Waals surface area contributed by atoms with Crippen LogP contribution in [0, 0.1) is 10.1 Å². The van der Waals surface area contributed by atoms with E-state index in [4.69, 9.17) is 0 Å². The Balaban J connectivity index is 1.62. The summed E-state index contributed by atoms with van der Waals surface area (Å²) >= 11 is 0. The molecule has 3 aromatic rings. The van der Waals surface area contributed by atoms with Gasteiger partial charge in [-0.05, 0) is 55.3 Å². The second kappa shape index (κ2) is 9.41. The van der Waals surface area contributed by atoms with Crippen LogP contribution < -0.4 is 4.90 Å². The molecule has 0 unspecified atom stereocenters. The maximum Gasteiger partial charge on any atom is 0.269 e. The van der Waals surface area contributed by atoms with Crippen molar-refractivity contribution in [3.05, 3.63) is 94.5 Å². The molecule has 0 N–H and O–H groups in total. The molecule has 0 radical (unpaired) electrons. The number of benzene rings is 3. The molecule has 28 heavy (non-hydrogen) atoms. The van der Waals surface area contributed by atoms with Gasteiger partial charge in [-0.2, -0.15) is 10.2 Å². The summed E-state index contributed by atoms with van der Waals surface area (Å²) in [5.74, 6) is 0. The number of non-ortho nitro benzene ring substituents is 1. The maximum absolute atomic E-state index is 10.7. The zero-order chi connectivity index (χ0) is 19.8. The topological polar surface area (TPSA) is 71.1 Å². The maximum atomic E-state index is 10.7. The SMILES string of the molecule is CCN(CCc1ccccc1)c1ccc(N=Nc2ccc([N+](=O)[O-])cc2)cc1. The molecule has 0 saturated heterocycles. The highest BCUT2D eigenvalue weighted by molar-refractivity contribution is 5.53. The molecule has 0 atom stereocenters. The summed E-state index contributed by atoms with van der Waals surface area (Å²) in [6.07, 6.45) is 0.996. The van der Waals surface area contributed by atoms with Gasteiger partial charge in [0.2, 0.25) is 0 Å². The van der Waals surface area contributed by atoms with Gasteiger partial charge in [0, 0.05) is 30.9 Å². The van der Waals surface area contributed by atoms with Gasteiger partial charge in [0.05, 0.1) is 16.3 Å². The van der Waals surface area contributed by atoms with Crippen LogP contribution in [0.1, 0.15) is 12.5 Å². The molecule has 0 aliphatic rings. The quantitative estimate of drug-likeness (QED) is 0.272. The predicted molar refractivity (Wildman–Crippen MR) is 112 cm³/mol. The first-order valence-electron chi connectivity index (χ1n) is 9.21. The van der Waals surface area contributed by atoms with Gasteiger partial charge < -0.3 is 4.90 Å². The number of rotatable bonds is 8. The first-order chi connectivity index (χ1) is 13.7. The Morgan fingerprint density at radius 2 is 1.43 bits per heavy atom. The smallest absolute Gasteiger partial charge is 0.269 e. The third kappa shape index (κ3) is 5.23. The highest BCUT2D eigenvalue weighted by atomic mass is 16.6. The first-order valence-corrected chi connectivity index (χ1v) is 9.21. The minimum absolute atomic E-state index is 0.0402. The molecule has 0 bridgehead atoms. The van der Waals surface area contributed by atoms with Crippen molar-refractivity contribution in [2.75, 3.05) is 18.0 Å². The fraction of sp³-hybridized carbons (Fsp3) is 0.182. The van der Waals surface area contributed by atoms with E-state index < -0.39 is 4.92 Å². The molecule has 142 valence electrons. The number of nitro groups is 1. The van der Waals surface area contributed by atoms with E-state index in [-0.39, 0.29) is 5.69 Å². The molecule has 0 fully saturated rings. The Morgan fingerprint density at radius 3 is 1.96 bits per heavy atom. The fourth-order valence-electron chi connectivity index (χ4n) is 2.87. The Labute approximate surface area is 164 Å². The van der Waals surface area contributed by atoms with Crippen molar-refractivity contribution < 1.29 is 4.92 Å². The van der Waals surface area contributed by atoms with E-state index in [0.717, 1.165) is 30.9 Å². The van der Waals surface area contributed by atoms with E-state index in [1.807, 2.05) is 30.3 Å². The van der Waals surface area contributed by atoms with E-state index in [2.05, 4.69) is 46.3 Å². The van der Waals surface area contributed by atoms with Gasteiger partial charge in [-0.3, -0.25) is 10.1 Å². The molecule has 6 heteroatoms. The average molecular weight is 374 g/mol. The number of hydrogen-bond donors (Lipinski definition) is 0. The van der Waals surface area contributed by atoms with Crippen LogP contribution in [0.5, 0.6) is 0 Å². The lowest BCUT2D eigenvalue weighted by Crippen LogP contribution is -2.25. The van der Waals surface area contributed by atoms with Gasteiger partial charge in [0.15, 0.2) is 0 Å². The summed E-state index contributed by atoms with van der Waals surface area (Å²) in [6.45, 7) is 4.02. The summed E-state index contributed by atoms with van der Waals surface area (Å²) in [7, 11) is 0. The molecule has 0 saturated carbocycles. The number of nitrogens with zero attached hydrogens (tertiary/aromatic N) is 4. The van der Waals surface area contributed by atoms with Crippen LogP contribution in [0.3, 0.4) is 0 Å². The summed E-state index contributed by atoms with van der Waals surface area (Å²) < 4.78 is 0. The Kier molecular flexibility index (Phi) is 6.46. The fourth-order valence-corrected chi connectivity index (χ4v) is 2.87. The van der Waals surface area contributed by atoms with Gasteiger partial charge in [-0.1, -0.05) is 30.3 Å². The van der Waals surface area contributed by atoms with Crippen molar-refractivity contribution in [2.45, 2.75) is 13.3 Å². The summed E-state index contributed by atoms with van der Waals surface area (Å²) in [4.78, 5) is 12.6. The summed E-state index contributed by atoms with van der Waals surface area (Å²) in [5.41, 5.74) is 3.83. The number of likely N-dealkylation sites (N-methyl/N-ethyl adjacent to an activating group) is 1. The summed E-state index contributed by atoms with van der Waals surface area (Å²) in [5, 5.41) is 19.0. The van der Waals surface area contributed by atoms with Crippen LogP contribution in [0.25, 0.3) is 0 Å². The standard InChI is InChI=1S/C22H22N4O2/c1-2-25(17-16-18-6-4-3-5-7-18)21-12-8-19(9-13-21)23-24-20-10-14-22(15-11-20)26(27)28/h3-15H,2,16-17H2,1H3. The van der Waals surface area contributed by atoms with Crippen LogP contribution >= 0.6 is 0 Å². The number of azo groups is 1. The van der Waals surface area contributed by atoms with E-state index in [9.17, 15) is 10.1 Å². The highest BCUT2D eigenvalue weighted by Crippen LogP contribution is 2.23. The van der Waals surface area contributed by atoms with E-state index in [1.165, 1.54) is 17.7 Å². The lowest BCUT2D eigenvalue weighted by atomic mass is 10.1. The molecule has 3 aromatic carbocycles. The van der Waals surface area contributed by atoms with Gasteiger partial charge in [0.25, 0.3) is 5.69 Å². The Hall–Kier alpha value is -3.54. The highest BCUT2D eigenvalue weighted by Gasteiger charge is 2.05. The molecule has 0 aliphatic heterocycles. The minimum Gasteiger partial charge on any atom is -0.371 e. The zero-order valence-electron chi connectivity index (χ0n) is 15.7. The molecule has 0 spiro atoms. The van der Waals surface area contributed by atoms with Crippen molar-refractivity contribution in [3.63, 3.8) is 0 Å². The van der Waals surface area contributed by atoms with Crippen molar-refractivity contribution in [1.29, 1.82) is 0 Å². The van der Waals surface area contributed by atoms with Crippen LogP contribution in [0.15, 0.2) is 89.1 Å². The second-order valence-electron chi connectivity index (χ2n) is 6.31. The van der Waals surface area contributed by atoms with Crippen LogP contribution in [-0.2, 0) is 6.42 Å². The largest absolute Gasteiger partial charge is 0.371 e. The normalized spacial score (nSPS) is 10.9. The molecule has 0 aliphatic carbocycles. The second-order valence-corrected chi connectivity index (χ2v) is 6.31. The predicted octanol–water partition coefficient (Wildman–Crippen LogP) is 6.08. The van der Waals surface area contributed by atoms with Crippen molar-refractivity contribution in [2.24, 2.45) is 10.2 Å². The van der Waals surface area contributed by atoms with Gasteiger partial charge in [0.1, 0.15) is 0 Å². The van der Waals surface area contributed by atoms with E-state index >= 15 is 0 Å². The van der Waals surface area contributed by atoms with Crippen molar-refractivity contribution in [3.8, 4) is 0 Å².